The van der Waals surface area contributed by atoms with Crippen LogP contribution in [0.4, 0.5) is 0 Å². The summed E-state index contributed by atoms with van der Waals surface area (Å²) in [6, 6.07) is 0. The first-order chi connectivity index (χ1) is 14.9. The van der Waals surface area contributed by atoms with E-state index in [0.29, 0.717) is 11.8 Å². The van der Waals surface area contributed by atoms with Crippen LogP contribution in [0.5, 0.6) is 0 Å². The summed E-state index contributed by atoms with van der Waals surface area (Å²) < 4.78 is 0. The van der Waals surface area contributed by atoms with Crippen molar-refractivity contribution in [2.24, 2.45) is 11.8 Å². The van der Waals surface area contributed by atoms with Gasteiger partial charge in [-0.1, -0.05) is 0 Å². The van der Waals surface area contributed by atoms with Crippen molar-refractivity contribution in [1.29, 1.82) is 0 Å². The van der Waals surface area contributed by atoms with Crippen LogP contribution < -0.4 is 42.5 Å². The molecule has 30 heavy (non-hydrogen) atoms. The number of hydrogen-bond donors (Lipinski definition) is 8. The summed E-state index contributed by atoms with van der Waals surface area (Å²) in [4.78, 5) is 0. The van der Waals surface area contributed by atoms with Crippen molar-refractivity contribution in [3.05, 3.63) is 0 Å². The van der Waals surface area contributed by atoms with E-state index >= 15 is 0 Å². The Morgan fingerprint density at radius 1 is 0.333 bits per heavy atom. The van der Waals surface area contributed by atoms with E-state index < -0.39 is 0 Å². The molecule has 0 aromatic carbocycles. The summed E-state index contributed by atoms with van der Waals surface area (Å²) in [6.07, 6.45) is 4.98. The van der Waals surface area contributed by atoms with E-state index in [2.05, 4.69) is 42.5 Å². The minimum atomic E-state index is 0.698. The fourth-order valence-corrected chi connectivity index (χ4v) is 4.13. The van der Waals surface area contributed by atoms with E-state index in [9.17, 15) is 0 Å². The molecule has 0 bridgehead atoms. The minimum absolute atomic E-state index is 0.698. The Kier molecular flexibility index (Phi) is 16.7. The first kappa shape index (κ1) is 25.9. The summed E-state index contributed by atoms with van der Waals surface area (Å²) in [5.74, 6) is 1.40. The Morgan fingerprint density at radius 3 is 0.900 bits per heavy atom. The molecule has 8 N–H and O–H groups in total. The van der Waals surface area contributed by atoms with Crippen LogP contribution in [0, 0.1) is 11.8 Å². The zero-order valence-corrected chi connectivity index (χ0v) is 19.3. The molecule has 2 aliphatic heterocycles. The molecule has 0 atom stereocenters. The van der Waals surface area contributed by atoms with Crippen molar-refractivity contribution < 1.29 is 0 Å². The van der Waals surface area contributed by atoms with Crippen molar-refractivity contribution in [3.63, 3.8) is 0 Å². The highest BCUT2D eigenvalue weighted by atomic mass is 15.0. The Hall–Kier alpha value is -0.320. The molecule has 0 amide bonds. The maximum absolute atomic E-state index is 3.68. The average Bonchev–Trinajstić information content (AvgIpc) is 2.76. The second kappa shape index (κ2) is 19.4. The smallest absolute Gasteiger partial charge is 0.00768 e. The zero-order chi connectivity index (χ0) is 21.0. The normalized spacial score (nSPS) is 25.2. The molecular weight excluding hydrogens is 376 g/mol. The van der Waals surface area contributed by atoms with Gasteiger partial charge in [0.15, 0.2) is 0 Å². The van der Waals surface area contributed by atoms with Gasteiger partial charge in [-0.25, -0.2) is 0 Å². The second-order valence-corrected chi connectivity index (χ2v) is 8.83. The third-order valence-electron chi connectivity index (χ3n) is 6.04. The summed E-state index contributed by atoms with van der Waals surface area (Å²) >= 11 is 0. The van der Waals surface area contributed by atoms with Crippen LogP contribution in [-0.4, -0.2) is 105 Å². The Labute approximate surface area is 185 Å². The highest BCUT2D eigenvalue weighted by molar-refractivity contribution is 4.73. The monoisotopic (exact) mass is 426 g/mol. The van der Waals surface area contributed by atoms with Crippen LogP contribution in [0.15, 0.2) is 0 Å². The number of rotatable bonds is 3. The van der Waals surface area contributed by atoms with E-state index in [1.54, 1.807) is 0 Å². The van der Waals surface area contributed by atoms with Gasteiger partial charge in [-0.2, -0.15) is 0 Å². The van der Waals surface area contributed by atoms with E-state index in [4.69, 9.17) is 0 Å². The van der Waals surface area contributed by atoms with Gasteiger partial charge in [-0.05, 0) is 89.9 Å². The molecule has 0 radical (unpaired) electrons. The molecule has 2 aliphatic rings. The molecule has 178 valence electrons. The lowest BCUT2D eigenvalue weighted by molar-refractivity contribution is 0.342. The minimum Gasteiger partial charge on any atom is -0.315 e. The topological polar surface area (TPSA) is 96.2 Å². The van der Waals surface area contributed by atoms with Gasteiger partial charge in [0.2, 0.25) is 0 Å². The average molecular weight is 427 g/mol. The highest BCUT2D eigenvalue weighted by Crippen LogP contribution is 2.12. The summed E-state index contributed by atoms with van der Waals surface area (Å²) in [5, 5.41) is 28.9. The molecule has 2 saturated heterocycles. The zero-order valence-electron chi connectivity index (χ0n) is 19.3. The van der Waals surface area contributed by atoms with E-state index in [1.807, 2.05) is 0 Å². The molecule has 0 saturated carbocycles. The molecule has 8 heteroatoms. The third-order valence-corrected chi connectivity index (χ3v) is 6.04. The van der Waals surface area contributed by atoms with Gasteiger partial charge in [0, 0.05) is 52.4 Å². The SMILES string of the molecule is C1CNCCNCC(CCC2CNCCNCCCNCCNC2)CNCCNC1. The van der Waals surface area contributed by atoms with Gasteiger partial charge >= 0.3 is 0 Å². The molecule has 0 aliphatic carbocycles. The van der Waals surface area contributed by atoms with Crippen LogP contribution in [-0.2, 0) is 0 Å². The van der Waals surface area contributed by atoms with Crippen LogP contribution in [0.3, 0.4) is 0 Å². The fraction of sp³-hybridized carbons (Fsp3) is 1.00. The molecule has 0 unspecified atom stereocenters. The van der Waals surface area contributed by atoms with Gasteiger partial charge < -0.3 is 42.5 Å². The third kappa shape index (κ3) is 14.6. The molecule has 0 spiro atoms. The van der Waals surface area contributed by atoms with Crippen molar-refractivity contribution in [2.45, 2.75) is 25.7 Å². The maximum atomic E-state index is 3.68. The van der Waals surface area contributed by atoms with Gasteiger partial charge in [0.1, 0.15) is 0 Å². The molecule has 0 aromatic rings. The first-order valence-corrected chi connectivity index (χ1v) is 12.6. The summed E-state index contributed by atoms with van der Waals surface area (Å²) in [6.45, 7) is 17.4. The predicted molar refractivity (Wildman–Crippen MR) is 128 cm³/mol. The Morgan fingerprint density at radius 2 is 0.600 bits per heavy atom. The van der Waals surface area contributed by atoms with E-state index in [0.717, 1.165) is 105 Å². The Bertz CT molecular complexity index is 309. The predicted octanol–water partition coefficient (Wildman–Crippen LogP) is -1.48. The number of nitrogens with one attached hydrogen (secondary N) is 8. The molecule has 0 aromatic heterocycles. The Balaban J connectivity index is 1.71. The molecule has 8 nitrogen and oxygen atoms in total. The van der Waals surface area contributed by atoms with Gasteiger partial charge in [0.05, 0.1) is 0 Å². The lowest BCUT2D eigenvalue weighted by atomic mass is 9.95. The quantitative estimate of drug-likeness (QED) is 0.277. The highest BCUT2D eigenvalue weighted by Gasteiger charge is 2.14. The fourth-order valence-electron chi connectivity index (χ4n) is 4.13. The summed E-state index contributed by atoms with van der Waals surface area (Å²) in [5.41, 5.74) is 0. The van der Waals surface area contributed by atoms with Crippen LogP contribution in [0.1, 0.15) is 25.7 Å². The van der Waals surface area contributed by atoms with Gasteiger partial charge in [0.25, 0.3) is 0 Å². The lowest BCUT2D eigenvalue weighted by Gasteiger charge is -2.24. The molecule has 2 rings (SSSR count). The lowest BCUT2D eigenvalue weighted by Crippen LogP contribution is -2.40. The molecule has 2 heterocycles. The van der Waals surface area contributed by atoms with Crippen molar-refractivity contribution >= 4 is 0 Å². The second-order valence-electron chi connectivity index (χ2n) is 8.83. The van der Waals surface area contributed by atoms with E-state index in [1.165, 1.54) is 25.7 Å². The molecular formula is C22H50N8. The van der Waals surface area contributed by atoms with Crippen LogP contribution in [0.2, 0.25) is 0 Å². The number of hydrogen-bond acceptors (Lipinski definition) is 8. The van der Waals surface area contributed by atoms with Gasteiger partial charge in [-0.15, -0.1) is 0 Å². The van der Waals surface area contributed by atoms with E-state index in [-0.39, 0.29) is 0 Å². The van der Waals surface area contributed by atoms with Crippen molar-refractivity contribution in [3.8, 4) is 0 Å². The largest absolute Gasteiger partial charge is 0.315 e. The van der Waals surface area contributed by atoms with Gasteiger partial charge in [-0.3, -0.25) is 0 Å². The summed E-state index contributed by atoms with van der Waals surface area (Å²) in [7, 11) is 0. The first-order valence-electron chi connectivity index (χ1n) is 12.6. The van der Waals surface area contributed by atoms with Crippen LogP contribution >= 0.6 is 0 Å². The molecule has 2 fully saturated rings. The van der Waals surface area contributed by atoms with Crippen molar-refractivity contribution in [2.75, 3.05) is 105 Å². The van der Waals surface area contributed by atoms with Crippen LogP contribution in [0.25, 0.3) is 0 Å². The maximum Gasteiger partial charge on any atom is 0.00768 e. The van der Waals surface area contributed by atoms with Crippen molar-refractivity contribution in [1.82, 2.24) is 42.5 Å². The standard InChI is InChI=1S/C22H50N8/c1-5-23-9-13-27-17-21(18-28-14-10-24-6-1)3-4-22-19-29-15-11-25-7-2-8-26-12-16-30-20-22/h21-30H,1-20H2.